The summed E-state index contributed by atoms with van der Waals surface area (Å²) < 4.78 is 0. The van der Waals surface area contributed by atoms with Crippen molar-refractivity contribution in [3.05, 3.63) is 11.8 Å². The number of rotatable bonds is 2. The molecule has 0 aromatic rings. The van der Waals surface area contributed by atoms with E-state index in [1.54, 1.807) is 0 Å². The Balaban J connectivity index is 1.87. The first-order valence-electron chi connectivity index (χ1n) is 5.52. The lowest BCUT2D eigenvalue weighted by atomic mass is 10.1. The van der Waals surface area contributed by atoms with Crippen LogP contribution in [0, 0.1) is 0 Å². The van der Waals surface area contributed by atoms with Gasteiger partial charge in [0.25, 0.3) is 0 Å². The molecule has 3 nitrogen and oxygen atoms in total. The molecule has 3 heteroatoms. The van der Waals surface area contributed by atoms with Gasteiger partial charge in [0.1, 0.15) is 6.67 Å². The monoisotopic (exact) mass is 193 g/mol. The first kappa shape index (κ1) is 9.71. The van der Waals surface area contributed by atoms with Gasteiger partial charge in [-0.3, -0.25) is 9.89 Å². The van der Waals surface area contributed by atoms with E-state index in [2.05, 4.69) is 28.2 Å². The van der Waals surface area contributed by atoms with Crippen LogP contribution in [0.2, 0.25) is 0 Å². The van der Waals surface area contributed by atoms with Crippen molar-refractivity contribution in [2.24, 2.45) is 4.99 Å². The van der Waals surface area contributed by atoms with E-state index < -0.39 is 0 Å². The molecule has 0 aromatic heterocycles. The van der Waals surface area contributed by atoms with Gasteiger partial charge in [0, 0.05) is 12.2 Å². The van der Waals surface area contributed by atoms with Crippen LogP contribution in [0.3, 0.4) is 0 Å². The second-order valence-corrected chi connectivity index (χ2v) is 4.15. The van der Waals surface area contributed by atoms with E-state index in [0.29, 0.717) is 0 Å². The van der Waals surface area contributed by atoms with Crippen LogP contribution in [-0.4, -0.2) is 36.9 Å². The highest BCUT2D eigenvalue weighted by atomic mass is 15.1. The smallest absolute Gasteiger partial charge is 0.107 e. The average molecular weight is 193 g/mol. The van der Waals surface area contributed by atoms with Crippen molar-refractivity contribution < 1.29 is 0 Å². The first-order valence-corrected chi connectivity index (χ1v) is 5.52. The molecule has 0 bridgehead atoms. The van der Waals surface area contributed by atoms with E-state index in [-0.39, 0.29) is 0 Å². The van der Waals surface area contributed by atoms with Crippen LogP contribution in [0.4, 0.5) is 0 Å². The van der Waals surface area contributed by atoms with E-state index in [4.69, 9.17) is 0 Å². The zero-order valence-electron chi connectivity index (χ0n) is 8.92. The summed E-state index contributed by atoms with van der Waals surface area (Å²) in [4.78, 5) is 6.97. The molecule has 0 atom stereocenters. The summed E-state index contributed by atoms with van der Waals surface area (Å²) in [6.07, 6.45) is 6.28. The Morgan fingerprint density at radius 1 is 1.36 bits per heavy atom. The molecule has 1 fully saturated rings. The zero-order valence-corrected chi connectivity index (χ0v) is 8.92. The number of hydrogen-bond donors (Lipinski definition) is 1. The molecular weight excluding hydrogens is 174 g/mol. The molecule has 14 heavy (non-hydrogen) atoms. The summed E-state index contributed by atoms with van der Waals surface area (Å²) in [6, 6.07) is 0. The van der Waals surface area contributed by atoms with E-state index in [1.165, 1.54) is 43.8 Å². The van der Waals surface area contributed by atoms with Crippen molar-refractivity contribution in [1.82, 2.24) is 10.2 Å². The third kappa shape index (κ3) is 2.58. The molecule has 1 saturated heterocycles. The second kappa shape index (κ2) is 4.60. The summed E-state index contributed by atoms with van der Waals surface area (Å²) in [7, 11) is 0. The Morgan fingerprint density at radius 3 is 2.86 bits per heavy atom. The molecule has 78 valence electrons. The quantitative estimate of drug-likeness (QED) is 0.717. The molecule has 0 unspecified atom stereocenters. The molecule has 0 amide bonds. The lowest BCUT2D eigenvalue weighted by molar-refractivity contribution is 0.258. The van der Waals surface area contributed by atoms with Crippen LogP contribution >= 0.6 is 0 Å². The fourth-order valence-corrected chi connectivity index (χ4v) is 2.05. The normalized spacial score (nSPS) is 23.8. The Labute approximate surface area is 85.9 Å². The maximum Gasteiger partial charge on any atom is 0.107 e. The standard InChI is InChI=1S/C11H19N3/c1-10-7-11(13-9-12-10)8-14-5-3-2-4-6-14/h7,12H,2-6,8-9H2,1H3. The minimum atomic E-state index is 0.755. The average Bonchev–Trinajstić information content (AvgIpc) is 2.19. The summed E-state index contributed by atoms with van der Waals surface area (Å²) in [6.45, 7) is 6.40. The van der Waals surface area contributed by atoms with Gasteiger partial charge in [0.2, 0.25) is 0 Å². The van der Waals surface area contributed by atoms with Crippen LogP contribution in [-0.2, 0) is 0 Å². The van der Waals surface area contributed by atoms with E-state index in [1.807, 2.05) is 0 Å². The molecule has 0 aromatic carbocycles. The molecular formula is C11H19N3. The number of hydrogen-bond acceptors (Lipinski definition) is 3. The Kier molecular flexibility index (Phi) is 3.19. The molecule has 2 aliphatic rings. The molecule has 0 saturated carbocycles. The number of allylic oxidation sites excluding steroid dienone is 1. The van der Waals surface area contributed by atoms with Gasteiger partial charge in [-0.15, -0.1) is 0 Å². The van der Waals surface area contributed by atoms with Gasteiger partial charge in [-0.1, -0.05) is 6.42 Å². The highest BCUT2D eigenvalue weighted by Crippen LogP contribution is 2.09. The van der Waals surface area contributed by atoms with Gasteiger partial charge in [-0.2, -0.15) is 0 Å². The predicted molar refractivity (Wildman–Crippen MR) is 59.5 cm³/mol. The van der Waals surface area contributed by atoms with Crippen LogP contribution < -0.4 is 5.32 Å². The Morgan fingerprint density at radius 2 is 2.14 bits per heavy atom. The third-order valence-corrected chi connectivity index (χ3v) is 2.86. The molecule has 2 heterocycles. The molecule has 0 aliphatic carbocycles. The third-order valence-electron chi connectivity index (χ3n) is 2.86. The predicted octanol–water partition coefficient (Wildman–Crippen LogP) is 1.38. The molecule has 2 aliphatic heterocycles. The van der Waals surface area contributed by atoms with Crippen molar-refractivity contribution in [3.63, 3.8) is 0 Å². The van der Waals surface area contributed by atoms with E-state index in [0.717, 1.165) is 13.2 Å². The Bertz CT molecular complexity index is 249. The zero-order chi connectivity index (χ0) is 9.80. The number of nitrogens with zero attached hydrogens (tertiary/aromatic N) is 2. The SMILES string of the molecule is CC1=CC(CN2CCCCC2)=NCN1. The lowest BCUT2D eigenvalue weighted by Crippen LogP contribution is -2.35. The van der Waals surface area contributed by atoms with Crippen molar-refractivity contribution in [2.75, 3.05) is 26.3 Å². The molecule has 2 rings (SSSR count). The topological polar surface area (TPSA) is 27.6 Å². The van der Waals surface area contributed by atoms with Crippen molar-refractivity contribution in [3.8, 4) is 0 Å². The minimum Gasteiger partial charge on any atom is -0.370 e. The van der Waals surface area contributed by atoms with E-state index >= 15 is 0 Å². The fourth-order valence-electron chi connectivity index (χ4n) is 2.05. The van der Waals surface area contributed by atoms with E-state index in [9.17, 15) is 0 Å². The highest BCUT2D eigenvalue weighted by molar-refractivity contribution is 5.97. The summed E-state index contributed by atoms with van der Waals surface area (Å²) in [5.74, 6) is 0. The second-order valence-electron chi connectivity index (χ2n) is 4.15. The van der Waals surface area contributed by atoms with Gasteiger partial charge in [-0.05, 0) is 38.9 Å². The number of likely N-dealkylation sites (tertiary alicyclic amines) is 1. The molecule has 0 spiro atoms. The van der Waals surface area contributed by atoms with Crippen molar-refractivity contribution >= 4 is 5.71 Å². The highest BCUT2D eigenvalue weighted by Gasteiger charge is 2.12. The Hall–Kier alpha value is -0.830. The summed E-state index contributed by atoms with van der Waals surface area (Å²) in [5.41, 5.74) is 2.48. The van der Waals surface area contributed by atoms with Gasteiger partial charge in [0.15, 0.2) is 0 Å². The molecule has 1 N–H and O–H groups in total. The maximum atomic E-state index is 4.46. The first-order chi connectivity index (χ1) is 6.84. The van der Waals surface area contributed by atoms with Gasteiger partial charge in [-0.25, -0.2) is 0 Å². The summed E-state index contributed by atoms with van der Waals surface area (Å²) in [5, 5.41) is 3.20. The van der Waals surface area contributed by atoms with Crippen molar-refractivity contribution in [1.29, 1.82) is 0 Å². The fraction of sp³-hybridized carbons (Fsp3) is 0.727. The van der Waals surface area contributed by atoms with Crippen molar-refractivity contribution in [2.45, 2.75) is 26.2 Å². The van der Waals surface area contributed by atoms with Gasteiger partial charge >= 0.3 is 0 Å². The number of piperidine rings is 1. The van der Waals surface area contributed by atoms with Crippen LogP contribution in [0.25, 0.3) is 0 Å². The lowest BCUT2D eigenvalue weighted by Gasteiger charge is -2.27. The molecule has 0 radical (unpaired) electrons. The van der Waals surface area contributed by atoms with Crippen LogP contribution in [0.5, 0.6) is 0 Å². The van der Waals surface area contributed by atoms with Gasteiger partial charge < -0.3 is 5.32 Å². The summed E-state index contributed by atoms with van der Waals surface area (Å²) >= 11 is 0. The van der Waals surface area contributed by atoms with Gasteiger partial charge in [0.05, 0.1) is 5.71 Å². The number of nitrogens with one attached hydrogen (secondary N) is 1. The van der Waals surface area contributed by atoms with Crippen LogP contribution in [0.1, 0.15) is 26.2 Å². The largest absolute Gasteiger partial charge is 0.370 e. The van der Waals surface area contributed by atoms with Crippen LogP contribution in [0.15, 0.2) is 16.8 Å². The minimum absolute atomic E-state index is 0.755. The number of aliphatic imine (C=N–C) groups is 1. The maximum absolute atomic E-state index is 4.46.